The number of allylic oxidation sites excluding steroid dienone is 1. The highest BCUT2D eigenvalue weighted by Gasteiger charge is 2.29. The Kier molecular flexibility index (Phi) is 1.69. The molecule has 0 aromatic rings. The number of aliphatic imine (C=N–C) groups is 3. The van der Waals surface area contributed by atoms with E-state index in [4.69, 9.17) is 0 Å². The maximum absolute atomic E-state index is 11.4. The molecule has 1 atom stereocenters. The van der Waals surface area contributed by atoms with Crippen molar-refractivity contribution >= 4 is 23.8 Å². The molecule has 0 bridgehead atoms. The van der Waals surface area contributed by atoms with Gasteiger partial charge in [0.15, 0.2) is 0 Å². The molecule has 0 spiro atoms. The van der Waals surface area contributed by atoms with Crippen molar-refractivity contribution in [3.8, 4) is 0 Å². The highest BCUT2D eigenvalue weighted by atomic mass is 16.1. The van der Waals surface area contributed by atoms with Gasteiger partial charge in [-0.05, 0) is 19.9 Å². The van der Waals surface area contributed by atoms with Crippen LogP contribution in [0.5, 0.6) is 0 Å². The van der Waals surface area contributed by atoms with Crippen LogP contribution in [0.2, 0.25) is 0 Å². The maximum atomic E-state index is 11.4. The molecule has 0 N–H and O–H groups in total. The third kappa shape index (κ3) is 1.24. The molecule has 0 saturated heterocycles. The van der Waals surface area contributed by atoms with E-state index in [0.29, 0.717) is 5.84 Å². The van der Waals surface area contributed by atoms with Gasteiger partial charge < -0.3 is 0 Å². The van der Waals surface area contributed by atoms with Gasteiger partial charge in [0.2, 0.25) is 0 Å². The van der Waals surface area contributed by atoms with Crippen molar-refractivity contribution in [1.82, 2.24) is 0 Å². The summed E-state index contributed by atoms with van der Waals surface area (Å²) in [6.07, 6.45) is 3.16. The highest BCUT2D eigenvalue weighted by Crippen LogP contribution is 2.21. The number of fused-ring (bicyclic) bond motifs is 1. The van der Waals surface area contributed by atoms with Gasteiger partial charge in [0.05, 0.1) is 0 Å². The molecule has 0 radical (unpaired) electrons. The molecule has 0 aliphatic carbocycles. The quantitative estimate of drug-likeness (QED) is 0.541. The summed E-state index contributed by atoms with van der Waals surface area (Å²) in [6.45, 7) is 3.79. The van der Waals surface area contributed by atoms with Crippen LogP contribution in [-0.4, -0.2) is 23.8 Å². The first-order chi connectivity index (χ1) is 6.18. The molecular formula is C9H9N3O. The minimum Gasteiger partial charge on any atom is -0.271 e. The van der Waals surface area contributed by atoms with Gasteiger partial charge in [0, 0.05) is 5.71 Å². The van der Waals surface area contributed by atoms with E-state index in [0.717, 1.165) is 11.3 Å². The van der Waals surface area contributed by atoms with Crippen molar-refractivity contribution in [1.29, 1.82) is 0 Å². The van der Waals surface area contributed by atoms with Gasteiger partial charge >= 0.3 is 0 Å². The lowest BCUT2D eigenvalue weighted by atomic mass is 9.94. The molecule has 4 heteroatoms. The second kappa shape index (κ2) is 2.73. The second-order valence-electron chi connectivity index (χ2n) is 3.14. The van der Waals surface area contributed by atoms with Crippen LogP contribution in [0.15, 0.2) is 26.6 Å². The number of amides is 1. The monoisotopic (exact) mass is 175 g/mol. The van der Waals surface area contributed by atoms with E-state index in [-0.39, 0.29) is 11.8 Å². The predicted molar refractivity (Wildman–Crippen MR) is 51.3 cm³/mol. The number of hydrogen-bond donors (Lipinski definition) is 0. The van der Waals surface area contributed by atoms with Gasteiger partial charge in [-0.2, -0.15) is 0 Å². The summed E-state index contributed by atoms with van der Waals surface area (Å²) in [7, 11) is 0. The summed E-state index contributed by atoms with van der Waals surface area (Å²) in [4.78, 5) is 23.1. The van der Waals surface area contributed by atoms with E-state index >= 15 is 0 Å². The largest absolute Gasteiger partial charge is 0.271 e. The van der Waals surface area contributed by atoms with E-state index in [9.17, 15) is 4.79 Å². The smallest absolute Gasteiger partial charge is 0.262 e. The van der Waals surface area contributed by atoms with E-state index in [1.54, 1.807) is 0 Å². The molecule has 66 valence electrons. The minimum absolute atomic E-state index is 0.171. The van der Waals surface area contributed by atoms with E-state index in [1.807, 2.05) is 19.9 Å². The van der Waals surface area contributed by atoms with Gasteiger partial charge in [-0.15, -0.1) is 0 Å². The molecule has 0 fully saturated rings. The number of rotatable bonds is 0. The Morgan fingerprint density at radius 2 is 2.15 bits per heavy atom. The van der Waals surface area contributed by atoms with Crippen LogP contribution >= 0.6 is 0 Å². The molecule has 2 rings (SSSR count). The van der Waals surface area contributed by atoms with Crippen molar-refractivity contribution in [3.63, 3.8) is 0 Å². The van der Waals surface area contributed by atoms with Crippen LogP contribution in [0.3, 0.4) is 0 Å². The Bertz CT molecular complexity index is 388. The van der Waals surface area contributed by atoms with E-state index in [2.05, 4.69) is 15.0 Å². The van der Waals surface area contributed by atoms with Crippen molar-refractivity contribution in [2.75, 3.05) is 0 Å². The Balaban J connectivity index is 2.50. The van der Waals surface area contributed by atoms with Crippen molar-refractivity contribution in [2.45, 2.75) is 13.8 Å². The zero-order valence-electron chi connectivity index (χ0n) is 7.48. The zero-order chi connectivity index (χ0) is 9.42. The number of dihydropyridines is 1. The van der Waals surface area contributed by atoms with Crippen LogP contribution < -0.4 is 0 Å². The molecule has 2 heterocycles. The molecular weight excluding hydrogens is 166 g/mol. The molecule has 2 aliphatic rings. The summed E-state index contributed by atoms with van der Waals surface area (Å²) >= 11 is 0. The number of amidine groups is 1. The zero-order valence-corrected chi connectivity index (χ0v) is 7.48. The number of carbonyl (C=O) groups is 1. The SMILES string of the molecule is CC1=CC(C)=NC2=NC=NC(=O)C12. The molecule has 0 saturated carbocycles. The fourth-order valence-electron chi connectivity index (χ4n) is 1.52. The average molecular weight is 175 g/mol. The van der Waals surface area contributed by atoms with Crippen LogP contribution in [0.25, 0.3) is 0 Å². The lowest BCUT2D eigenvalue weighted by Gasteiger charge is -2.19. The van der Waals surface area contributed by atoms with E-state index < -0.39 is 0 Å². The molecule has 1 amide bonds. The lowest BCUT2D eigenvalue weighted by molar-refractivity contribution is -0.118. The topological polar surface area (TPSA) is 54.1 Å². The van der Waals surface area contributed by atoms with Crippen molar-refractivity contribution in [2.24, 2.45) is 20.9 Å². The van der Waals surface area contributed by atoms with Crippen LogP contribution in [0.1, 0.15) is 13.8 Å². The molecule has 13 heavy (non-hydrogen) atoms. The van der Waals surface area contributed by atoms with Gasteiger partial charge in [-0.1, -0.05) is 5.57 Å². The first kappa shape index (κ1) is 8.04. The van der Waals surface area contributed by atoms with Gasteiger partial charge in [0.1, 0.15) is 18.1 Å². The maximum Gasteiger partial charge on any atom is 0.262 e. The third-order valence-electron chi connectivity index (χ3n) is 2.06. The first-order valence-electron chi connectivity index (χ1n) is 4.06. The molecule has 0 aromatic heterocycles. The van der Waals surface area contributed by atoms with Crippen LogP contribution in [-0.2, 0) is 4.79 Å². The van der Waals surface area contributed by atoms with Crippen LogP contribution in [0.4, 0.5) is 0 Å². The average Bonchev–Trinajstić information content (AvgIpc) is 2.02. The number of nitrogens with zero attached hydrogens (tertiary/aromatic N) is 3. The first-order valence-corrected chi connectivity index (χ1v) is 4.06. The van der Waals surface area contributed by atoms with Crippen molar-refractivity contribution < 1.29 is 4.79 Å². The molecule has 1 unspecified atom stereocenters. The standard InChI is InChI=1S/C9H9N3O/c1-5-3-6(2)12-8-7(5)9(13)11-4-10-8/h3-4,7H,1-2H3. The highest BCUT2D eigenvalue weighted by molar-refractivity contribution is 6.19. The fraction of sp³-hybridized carbons (Fsp3) is 0.333. The molecule has 0 aromatic carbocycles. The fourth-order valence-corrected chi connectivity index (χ4v) is 1.52. The Labute approximate surface area is 75.8 Å². The lowest BCUT2D eigenvalue weighted by Crippen LogP contribution is -2.29. The summed E-state index contributed by atoms with van der Waals surface area (Å²) in [6, 6.07) is 0. The predicted octanol–water partition coefficient (Wildman–Crippen LogP) is 0.990. The summed E-state index contributed by atoms with van der Waals surface area (Å²) < 4.78 is 0. The number of carbonyl (C=O) groups excluding carboxylic acids is 1. The van der Waals surface area contributed by atoms with Gasteiger partial charge in [0.25, 0.3) is 5.91 Å². The van der Waals surface area contributed by atoms with Crippen LogP contribution in [0, 0.1) is 5.92 Å². The summed E-state index contributed by atoms with van der Waals surface area (Å²) in [5, 5.41) is 0. The Hall–Kier alpha value is -1.58. The summed E-state index contributed by atoms with van der Waals surface area (Å²) in [5.74, 6) is 0.0567. The van der Waals surface area contributed by atoms with Gasteiger partial charge in [-0.3, -0.25) is 4.79 Å². The Morgan fingerprint density at radius 3 is 2.92 bits per heavy atom. The molecule has 2 aliphatic heterocycles. The normalized spacial score (nSPS) is 26.2. The van der Waals surface area contributed by atoms with Crippen molar-refractivity contribution in [3.05, 3.63) is 11.6 Å². The Morgan fingerprint density at radius 1 is 1.38 bits per heavy atom. The number of hydrogen-bond acceptors (Lipinski definition) is 3. The second-order valence-corrected chi connectivity index (χ2v) is 3.14. The minimum atomic E-state index is -0.339. The van der Waals surface area contributed by atoms with E-state index in [1.165, 1.54) is 6.34 Å². The third-order valence-corrected chi connectivity index (χ3v) is 2.06. The van der Waals surface area contributed by atoms with Gasteiger partial charge in [-0.25, -0.2) is 15.0 Å². The molecule has 4 nitrogen and oxygen atoms in total. The summed E-state index contributed by atoms with van der Waals surface area (Å²) in [5.41, 5.74) is 1.85.